The number of rotatable bonds is 6. The van der Waals surface area contributed by atoms with E-state index in [1.165, 1.54) is 12.1 Å². The Kier molecular flexibility index (Phi) is 4.80. The molecule has 0 atom stereocenters. The maximum Gasteiger partial charge on any atom is 0.332 e. The Hall–Kier alpha value is -2.08. The zero-order valence-corrected chi connectivity index (χ0v) is 12.4. The molecule has 1 N–H and O–H groups in total. The van der Waals surface area contributed by atoms with Gasteiger partial charge in [0.05, 0.1) is 0 Å². The largest absolute Gasteiger partial charge is 0.492 e. The van der Waals surface area contributed by atoms with Crippen LogP contribution in [-0.4, -0.2) is 21.6 Å². The lowest BCUT2D eigenvalue weighted by Crippen LogP contribution is -2.11. The quantitative estimate of drug-likeness (QED) is 0.658. The summed E-state index contributed by atoms with van der Waals surface area (Å²) in [7, 11) is -4.66. The van der Waals surface area contributed by atoms with Gasteiger partial charge in [-0.15, -0.1) is 3.89 Å². The van der Waals surface area contributed by atoms with Crippen LogP contribution in [0.3, 0.4) is 0 Å². The van der Waals surface area contributed by atoms with Crippen molar-refractivity contribution < 1.29 is 17.0 Å². The molecule has 0 spiro atoms. The highest BCUT2D eigenvalue weighted by Gasteiger charge is 2.14. The van der Waals surface area contributed by atoms with Crippen molar-refractivity contribution in [3.63, 3.8) is 0 Å². The first kappa shape index (κ1) is 15.3. The SMILES string of the molecule is Cc1cc(NCCOc2ccccc2)ccc1S(=O)(=O)F. The van der Waals surface area contributed by atoms with Gasteiger partial charge < -0.3 is 10.1 Å². The second-order valence-corrected chi connectivity index (χ2v) is 5.82. The summed E-state index contributed by atoms with van der Waals surface area (Å²) in [5.41, 5.74) is 1.09. The molecule has 112 valence electrons. The van der Waals surface area contributed by atoms with Crippen LogP contribution in [-0.2, 0) is 10.2 Å². The molecule has 2 aromatic rings. The van der Waals surface area contributed by atoms with Gasteiger partial charge in [0.15, 0.2) is 0 Å². The molecule has 2 aromatic carbocycles. The molecule has 0 aliphatic rings. The van der Waals surface area contributed by atoms with Crippen LogP contribution in [0.15, 0.2) is 53.4 Å². The molecule has 0 fully saturated rings. The summed E-state index contributed by atoms with van der Waals surface area (Å²) in [6, 6.07) is 13.8. The monoisotopic (exact) mass is 309 g/mol. The first-order chi connectivity index (χ1) is 9.97. The van der Waals surface area contributed by atoms with Crippen LogP contribution >= 0.6 is 0 Å². The van der Waals surface area contributed by atoms with Gasteiger partial charge in [-0.1, -0.05) is 18.2 Å². The van der Waals surface area contributed by atoms with E-state index in [0.717, 1.165) is 11.4 Å². The number of hydrogen-bond acceptors (Lipinski definition) is 4. The predicted octanol–water partition coefficient (Wildman–Crippen LogP) is 3.14. The van der Waals surface area contributed by atoms with Gasteiger partial charge in [0, 0.05) is 12.2 Å². The van der Waals surface area contributed by atoms with E-state index in [4.69, 9.17) is 4.74 Å². The summed E-state index contributed by atoms with van der Waals surface area (Å²) < 4.78 is 40.2. The third kappa shape index (κ3) is 4.46. The predicted molar refractivity (Wildman–Crippen MR) is 79.9 cm³/mol. The first-order valence-electron chi connectivity index (χ1n) is 6.44. The van der Waals surface area contributed by atoms with Crippen molar-refractivity contribution in [2.45, 2.75) is 11.8 Å². The zero-order valence-electron chi connectivity index (χ0n) is 11.5. The molecule has 0 amide bonds. The van der Waals surface area contributed by atoms with Crippen LogP contribution in [0.5, 0.6) is 5.75 Å². The van der Waals surface area contributed by atoms with E-state index >= 15 is 0 Å². The van der Waals surface area contributed by atoms with E-state index in [2.05, 4.69) is 5.32 Å². The third-order valence-electron chi connectivity index (χ3n) is 2.88. The number of benzene rings is 2. The summed E-state index contributed by atoms with van der Waals surface area (Å²) >= 11 is 0. The fourth-order valence-electron chi connectivity index (χ4n) is 1.91. The molecule has 0 unspecified atom stereocenters. The summed E-state index contributed by atoms with van der Waals surface area (Å²) in [6.45, 7) is 2.57. The molecular formula is C15H16FNO3S. The molecule has 0 saturated carbocycles. The highest BCUT2D eigenvalue weighted by Crippen LogP contribution is 2.21. The number of para-hydroxylation sites is 1. The number of aryl methyl sites for hydroxylation is 1. The van der Waals surface area contributed by atoms with E-state index in [0.29, 0.717) is 18.7 Å². The van der Waals surface area contributed by atoms with E-state index in [9.17, 15) is 12.3 Å². The highest BCUT2D eigenvalue weighted by molar-refractivity contribution is 7.86. The van der Waals surface area contributed by atoms with Crippen LogP contribution in [0.25, 0.3) is 0 Å². The molecule has 0 aliphatic heterocycles. The summed E-state index contributed by atoms with van der Waals surface area (Å²) in [4.78, 5) is -0.298. The highest BCUT2D eigenvalue weighted by atomic mass is 32.3. The van der Waals surface area contributed by atoms with Gasteiger partial charge in [0.1, 0.15) is 17.3 Å². The first-order valence-corrected chi connectivity index (χ1v) is 7.82. The van der Waals surface area contributed by atoms with Crippen LogP contribution in [0, 0.1) is 6.92 Å². The van der Waals surface area contributed by atoms with Gasteiger partial charge in [-0.3, -0.25) is 0 Å². The zero-order chi connectivity index (χ0) is 15.3. The van der Waals surface area contributed by atoms with E-state index in [1.54, 1.807) is 13.0 Å². The average Bonchev–Trinajstić information content (AvgIpc) is 2.43. The van der Waals surface area contributed by atoms with Crippen molar-refractivity contribution >= 4 is 15.9 Å². The van der Waals surface area contributed by atoms with Gasteiger partial charge in [-0.05, 0) is 42.8 Å². The van der Waals surface area contributed by atoms with Crippen molar-refractivity contribution in [1.82, 2.24) is 0 Å². The van der Waals surface area contributed by atoms with Crippen LogP contribution in [0.1, 0.15) is 5.56 Å². The van der Waals surface area contributed by atoms with Gasteiger partial charge >= 0.3 is 10.2 Å². The molecule has 2 rings (SSSR count). The Bertz CT molecular complexity index is 702. The molecule has 0 aliphatic carbocycles. The third-order valence-corrected chi connectivity index (χ3v) is 3.86. The number of anilines is 1. The average molecular weight is 309 g/mol. The lowest BCUT2D eigenvalue weighted by Gasteiger charge is -2.10. The smallest absolute Gasteiger partial charge is 0.332 e. The lowest BCUT2D eigenvalue weighted by atomic mass is 10.2. The molecule has 0 aromatic heterocycles. The van der Waals surface area contributed by atoms with E-state index < -0.39 is 10.2 Å². The van der Waals surface area contributed by atoms with E-state index in [-0.39, 0.29) is 4.90 Å². The molecule has 6 heteroatoms. The Labute approximate surface area is 123 Å². The summed E-state index contributed by atoms with van der Waals surface area (Å²) in [6.07, 6.45) is 0. The molecule has 0 bridgehead atoms. The van der Waals surface area contributed by atoms with Crippen molar-refractivity contribution in [3.05, 3.63) is 54.1 Å². The maximum atomic E-state index is 12.9. The van der Waals surface area contributed by atoms with Crippen LogP contribution in [0.4, 0.5) is 9.57 Å². The van der Waals surface area contributed by atoms with Gasteiger partial charge in [-0.2, -0.15) is 8.42 Å². The van der Waals surface area contributed by atoms with Crippen LogP contribution in [0.2, 0.25) is 0 Å². The summed E-state index contributed by atoms with van der Waals surface area (Å²) in [5.74, 6) is 0.786. The minimum Gasteiger partial charge on any atom is -0.492 e. The van der Waals surface area contributed by atoms with E-state index in [1.807, 2.05) is 30.3 Å². The lowest BCUT2D eigenvalue weighted by molar-refractivity contribution is 0.333. The number of nitrogens with one attached hydrogen (secondary N) is 1. The minimum atomic E-state index is -4.66. The fraction of sp³-hybridized carbons (Fsp3) is 0.200. The van der Waals surface area contributed by atoms with Gasteiger partial charge in [-0.25, -0.2) is 0 Å². The van der Waals surface area contributed by atoms with Crippen molar-refractivity contribution in [2.24, 2.45) is 0 Å². The summed E-state index contributed by atoms with van der Waals surface area (Å²) in [5, 5.41) is 3.09. The molecule has 0 heterocycles. The Morgan fingerprint density at radius 1 is 1.14 bits per heavy atom. The number of halogens is 1. The fourth-order valence-corrected chi connectivity index (χ4v) is 2.59. The maximum absolute atomic E-state index is 12.9. The van der Waals surface area contributed by atoms with Gasteiger partial charge in [0.25, 0.3) is 0 Å². The Morgan fingerprint density at radius 3 is 2.48 bits per heavy atom. The van der Waals surface area contributed by atoms with Crippen molar-refractivity contribution in [2.75, 3.05) is 18.5 Å². The second-order valence-electron chi connectivity index (χ2n) is 4.51. The molecule has 0 radical (unpaired) electrons. The van der Waals surface area contributed by atoms with Crippen molar-refractivity contribution in [1.29, 1.82) is 0 Å². The number of hydrogen-bond donors (Lipinski definition) is 1. The normalized spacial score (nSPS) is 11.1. The number of ether oxygens (including phenoxy) is 1. The van der Waals surface area contributed by atoms with Gasteiger partial charge in [0.2, 0.25) is 0 Å². The van der Waals surface area contributed by atoms with Crippen molar-refractivity contribution in [3.8, 4) is 5.75 Å². The minimum absolute atomic E-state index is 0.298. The molecule has 21 heavy (non-hydrogen) atoms. The molecular weight excluding hydrogens is 293 g/mol. The topological polar surface area (TPSA) is 55.4 Å². The standard InChI is InChI=1S/C15H16FNO3S/c1-12-11-13(7-8-15(12)21(16,18)19)17-9-10-20-14-5-3-2-4-6-14/h2-8,11,17H,9-10H2,1H3. The second kappa shape index (κ2) is 6.58. The Morgan fingerprint density at radius 2 is 1.86 bits per heavy atom. The Balaban J connectivity index is 1.88. The van der Waals surface area contributed by atoms with Crippen LogP contribution < -0.4 is 10.1 Å². The molecule has 4 nitrogen and oxygen atoms in total. The molecule has 0 saturated heterocycles.